The summed E-state index contributed by atoms with van der Waals surface area (Å²) in [6.07, 6.45) is 6.13. The highest BCUT2D eigenvalue weighted by Gasteiger charge is 2.43. The van der Waals surface area contributed by atoms with E-state index in [1.165, 1.54) is 11.3 Å². The molecule has 3 heterocycles. The number of nitrogens with zero attached hydrogens (tertiary/aromatic N) is 2. The highest BCUT2D eigenvalue weighted by molar-refractivity contribution is 7.12. The molecule has 0 fully saturated rings. The fourth-order valence-corrected chi connectivity index (χ4v) is 3.75. The summed E-state index contributed by atoms with van der Waals surface area (Å²) in [6.45, 7) is 2.59. The second-order valence-corrected chi connectivity index (χ2v) is 6.91. The number of hydrogen-bond acceptors (Lipinski definition) is 5. The number of aliphatic hydroxyl groups is 1. The van der Waals surface area contributed by atoms with Crippen molar-refractivity contribution in [1.29, 1.82) is 0 Å². The van der Waals surface area contributed by atoms with Crippen molar-refractivity contribution in [3.05, 3.63) is 63.8 Å². The summed E-state index contributed by atoms with van der Waals surface area (Å²) in [6, 6.07) is 6.50. The summed E-state index contributed by atoms with van der Waals surface area (Å²) < 4.78 is 0. The minimum absolute atomic E-state index is 0.150. The number of thiophene rings is 1. The lowest BCUT2D eigenvalue weighted by Crippen LogP contribution is -2.32. The third kappa shape index (κ3) is 3.35. The first-order valence-corrected chi connectivity index (χ1v) is 9.25. The van der Waals surface area contributed by atoms with E-state index in [4.69, 9.17) is 0 Å². The van der Waals surface area contributed by atoms with Crippen LogP contribution in [0.5, 0.6) is 0 Å². The predicted octanol–water partition coefficient (Wildman–Crippen LogP) is 3.91. The molecule has 2 aromatic heterocycles. The van der Waals surface area contributed by atoms with E-state index < -0.39 is 17.7 Å². The van der Waals surface area contributed by atoms with Crippen LogP contribution in [-0.2, 0) is 4.79 Å². The molecule has 0 saturated heterocycles. The third-order valence-electron chi connectivity index (χ3n) is 4.30. The van der Waals surface area contributed by atoms with Gasteiger partial charge in [0.15, 0.2) is 5.76 Å². The van der Waals surface area contributed by atoms with Crippen LogP contribution in [0.15, 0.2) is 53.4 Å². The van der Waals surface area contributed by atoms with Crippen LogP contribution in [0.3, 0.4) is 0 Å². The lowest BCUT2D eigenvalue weighted by Gasteiger charge is -2.26. The monoisotopic (exact) mass is 356 g/mol. The number of aliphatic hydroxyl groups excluding tert-OH is 1. The zero-order chi connectivity index (χ0) is 17.8. The van der Waals surface area contributed by atoms with Gasteiger partial charge in [0, 0.05) is 18.9 Å². The summed E-state index contributed by atoms with van der Waals surface area (Å²) in [5, 5.41) is 12.2. The fraction of sp³-hybridized carbons (Fsp3) is 0.316. The molecule has 1 aliphatic heterocycles. The first-order chi connectivity index (χ1) is 12.1. The van der Waals surface area contributed by atoms with Crippen molar-refractivity contribution in [1.82, 2.24) is 9.88 Å². The minimum atomic E-state index is -0.590. The average molecular weight is 356 g/mol. The molecule has 25 heavy (non-hydrogen) atoms. The van der Waals surface area contributed by atoms with Crippen LogP contribution in [0.2, 0.25) is 0 Å². The Kier molecular flexibility index (Phi) is 5.28. The zero-order valence-corrected chi connectivity index (χ0v) is 14.8. The van der Waals surface area contributed by atoms with Crippen molar-refractivity contribution >= 4 is 23.0 Å². The van der Waals surface area contributed by atoms with Gasteiger partial charge < -0.3 is 10.0 Å². The largest absolute Gasteiger partial charge is 0.503 e. The first kappa shape index (κ1) is 17.4. The second-order valence-electron chi connectivity index (χ2n) is 5.96. The van der Waals surface area contributed by atoms with Crippen molar-refractivity contribution in [2.24, 2.45) is 0 Å². The Bertz CT molecular complexity index is 784. The van der Waals surface area contributed by atoms with Crippen molar-refractivity contribution in [2.45, 2.75) is 32.2 Å². The Balaban J connectivity index is 2.01. The number of unbranched alkanes of at least 4 members (excludes halogenated alkanes) is 2. The molecule has 1 N–H and O–H groups in total. The maximum absolute atomic E-state index is 12.9. The first-order valence-electron chi connectivity index (χ1n) is 8.37. The Morgan fingerprint density at radius 2 is 2.16 bits per heavy atom. The molecule has 0 saturated carbocycles. The SMILES string of the molecule is CCCCCN1C(=O)C(O)=C(C(=O)c2cccs2)C1c1cccnc1. The Labute approximate surface area is 150 Å². The molecule has 6 heteroatoms. The molecule has 1 unspecified atom stereocenters. The zero-order valence-electron chi connectivity index (χ0n) is 14.0. The summed E-state index contributed by atoms with van der Waals surface area (Å²) in [5.41, 5.74) is 0.883. The van der Waals surface area contributed by atoms with Crippen molar-refractivity contribution in [2.75, 3.05) is 6.54 Å². The molecule has 0 spiro atoms. The van der Waals surface area contributed by atoms with Crippen molar-refractivity contribution < 1.29 is 14.7 Å². The van der Waals surface area contributed by atoms with Gasteiger partial charge >= 0.3 is 0 Å². The minimum Gasteiger partial charge on any atom is -0.503 e. The number of amides is 1. The van der Waals surface area contributed by atoms with Gasteiger partial charge in [-0.1, -0.05) is 31.9 Å². The maximum atomic E-state index is 12.9. The summed E-state index contributed by atoms with van der Waals surface area (Å²) in [4.78, 5) is 31.7. The van der Waals surface area contributed by atoms with E-state index in [0.29, 0.717) is 11.4 Å². The van der Waals surface area contributed by atoms with E-state index in [9.17, 15) is 14.7 Å². The lowest BCUT2D eigenvalue weighted by atomic mass is 9.96. The van der Waals surface area contributed by atoms with Gasteiger partial charge in [0.2, 0.25) is 5.78 Å². The number of ketones is 1. The topological polar surface area (TPSA) is 70.5 Å². The Morgan fingerprint density at radius 1 is 1.32 bits per heavy atom. The smallest absolute Gasteiger partial charge is 0.290 e. The molecule has 3 rings (SSSR count). The number of hydrogen-bond donors (Lipinski definition) is 1. The van der Waals surface area contributed by atoms with E-state index >= 15 is 0 Å². The van der Waals surface area contributed by atoms with Gasteiger partial charge in [-0.15, -0.1) is 11.3 Å². The van der Waals surface area contributed by atoms with Gasteiger partial charge in [0.1, 0.15) is 0 Å². The molecule has 1 aliphatic rings. The molecule has 1 amide bonds. The summed E-state index contributed by atoms with van der Waals surface area (Å²) in [5.74, 6) is -1.22. The molecular weight excluding hydrogens is 336 g/mol. The average Bonchev–Trinajstić information content (AvgIpc) is 3.25. The number of carbonyl (C=O) groups excluding carboxylic acids is 2. The van der Waals surface area contributed by atoms with Crippen molar-refractivity contribution in [3.8, 4) is 0 Å². The van der Waals surface area contributed by atoms with Gasteiger partial charge in [-0.05, 0) is 29.5 Å². The Hall–Kier alpha value is -2.47. The number of carbonyl (C=O) groups is 2. The highest BCUT2D eigenvalue weighted by Crippen LogP contribution is 2.39. The fourth-order valence-electron chi connectivity index (χ4n) is 3.07. The van der Waals surface area contributed by atoms with Crippen LogP contribution in [0.25, 0.3) is 0 Å². The van der Waals surface area contributed by atoms with E-state index in [1.54, 1.807) is 40.9 Å². The second kappa shape index (κ2) is 7.61. The van der Waals surface area contributed by atoms with E-state index in [1.807, 2.05) is 6.07 Å². The van der Waals surface area contributed by atoms with Crippen LogP contribution >= 0.6 is 11.3 Å². The third-order valence-corrected chi connectivity index (χ3v) is 5.16. The van der Waals surface area contributed by atoms with Crippen molar-refractivity contribution in [3.63, 3.8) is 0 Å². The van der Waals surface area contributed by atoms with Gasteiger partial charge in [-0.3, -0.25) is 14.6 Å². The predicted molar refractivity (Wildman–Crippen MR) is 96.5 cm³/mol. The summed E-state index contributed by atoms with van der Waals surface area (Å²) in [7, 11) is 0. The molecule has 1 atom stereocenters. The van der Waals surface area contributed by atoms with Crippen LogP contribution < -0.4 is 0 Å². The lowest BCUT2D eigenvalue weighted by molar-refractivity contribution is -0.129. The van der Waals surface area contributed by atoms with Crippen LogP contribution in [0.1, 0.15) is 47.5 Å². The summed E-state index contributed by atoms with van der Waals surface area (Å²) >= 11 is 1.30. The van der Waals surface area contributed by atoms with Gasteiger partial charge in [0.25, 0.3) is 5.91 Å². The molecular formula is C19H20N2O3S. The van der Waals surface area contributed by atoms with Crippen LogP contribution in [0.4, 0.5) is 0 Å². The van der Waals surface area contributed by atoms with Crippen LogP contribution in [-0.4, -0.2) is 33.2 Å². The number of Topliss-reactive ketones (excluding diaryl/α,β-unsaturated/α-hetero) is 1. The van der Waals surface area contributed by atoms with E-state index in [0.717, 1.165) is 24.8 Å². The number of pyridine rings is 1. The normalized spacial score (nSPS) is 17.4. The Morgan fingerprint density at radius 3 is 2.80 bits per heavy atom. The molecule has 0 bridgehead atoms. The highest BCUT2D eigenvalue weighted by atomic mass is 32.1. The standard InChI is InChI=1S/C19H20N2O3S/c1-2-3-4-10-21-16(13-7-5-9-20-12-13)15(18(23)19(21)24)17(22)14-8-6-11-25-14/h5-9,11-12,16,23H,2-4,10H2,1H3. The van der Waals surface area contributed by atoms with E-state index in [2.05, 4.69) is 11.9 Å². The van der Waals surface area contributed by atoms with Crippen LogP contribution in [0, 0.1) is 0 Å². The molecule has 2 aromatic rings. The van der Waals surface area contributed by atoms with Gasteiger partial charge in [-0.25, -0.2) is 0 Å². The quantitative estimate of drug-likeness (QED) is 0.603. The van der Waals surface area contributed by atoms with E-state index in [-0.39, 0.29) is 11.4 Å². The molecule has 0 aromatic carbocycles. The molecule has 0 radical (unpaired) electrons. The molecule has 5 nitrogen and oxygen atoms in total. The van der Waals surface area contributed by atoms with Gasteiger partial charge in [-0.2, -0.15) is 0 Å². The molecule has 130 valence electrons. The van der Waals surface area contributed by atoms with Gasteiger partial charge in [0.05, 0.1) is 16.5 Å². The number of rotatable bonds is 7. The molecule has 0 aliphatic carbocycles. The number of aromatic nitrogens is 1. The maximum Gasteiger partial charge on any atom is 0.290 e.